The van der Waals surface area contributed by atoms with Gasteiger partial charge in [0.15, 0.2) is 0 Å². The van der Waals surface area contributed by atoms with Gasteiger partial charge in [0.25, 0.3) is 0 Å². The van der Waals surface area contributed by atoms with Crippen molar-refractivity contribution in [3.05, 3.63) is 35.9 Å². The Morgan fingerprint density at radius 2 is 1.95 bits per heavy atom. The zero-order valence-electron chi connectivity index (χ0n) is 12.4. The molecular formula is C18H28O. The van der Waals surface area contributed by atoms with Gasteiger partial charge in [-0.1, -0.05) is 57.0 Å². The van der Waals surface area contributed by atoms with Gasteiger partial charge in [-0.15, -0.1) is 0 Å². The van der Waals surface area contributed by atoms with Crippen LogP contribution in [0.5, 0.6) is 0 Å². The van der Waals surface area contributed by atoms with Crippen LogP contribution in [0.15, 0.2) is 30.3 Å². The maximum atomic E-state index is 10.3. The molecule has 1 saturated carbocycles. The molecular weight excluding hydrogens is 232 g/mol. The predicted molar refractivity (Wildman–Crippen MR) is 81.2 cm³/mol. The van der Waals surface area contributed by atoms with Crippen LogP contribution < -0.4 is 0 Å². The van der Waals surface area contributed by atoms with Crippen LogP contribution in [0.25, 0.3) is 0 Å². The second-order valence-corrected chi connectivity index (χ2v) is 6.38. The molecule has 19 heavy (non-hydrogen) atoms. The van der Waals surface area contributed by atoms with E-state index in [0.717, 1.165) is 18.8 Å². The van der Waals surface area contributed by atoms with E-state index < -0.39 is 0 Å². The molecule has 1 N–H and O–H groups in total. The van der Waals surface area contributed by atoms with Crippen molar-refractivity contribution in [1.29, 1.82) is 0 Å². The molecule has 0 bridgehead atoms. The molecule has 1 aromatic rings. The number of aliphatic hydroxyl groups excluding tert-OH is 1. The summed E-state index contributed by atoms with van der Waals surface area (Å²) in [5.74, 6) is 1.91. The zero-order valence-corrected chi connectivity index (χ0v) is 12.4. The molecule has 0 aliphatic heterocycles. The summed E-state index contributed by atoms with van der Waals surface area (Å²) in [6.45, 7) is 4.59. The van der Waals surface area contributed by atoms with Gasteiger partial charge in [0.1, 0.15) is 0 Å². The Morgan fingerprint density at radius 3 is 2.63 bits per heavy atom. The fraction of sp³-hybridized carbons (Fsp3) is 0.667. The smallest absolute Gasteiger partial charge is 0.0568 e. The fourth-order valence-corrected chi connectivity index (χ4v) is 3.66. The Balaban J connectivity index is 1.96. The van der Waals surface area contributed by atoms with E-state index in [-0.39, 0.29) is 6.10 Å². The molecule has 4 atom stereocenters. The Hall–Kier alpha value is -0.820. The first-order chi connectivity index (χ1) is 9.20. The fourth-order valence-electron chi connectivity index (χ4n) is 3.66. The average molecular weight is 260 g/mol. The van der Waals surface area contributed by atoms with Crippen LogP contribution in [0.1, 0.15) is 63.9 Å². The summed E-state index contributed by atoms with van der Waals surface area (Å²) in [7, 11) is 0. The number of hydrogen-bond donors (Lipinski definition) is 1. The Labute approximate surface area is 118 Å². The van der Waals surface area contributed by atoms with E-state index >= 15 is 0 Å². The van der Waals surface area contributed by atoms with Crippen molar-refractivity contribution in [2.75, 3.05) is 0 Å². The van der Waals surface area contributed by atoms with Crippen LogP contribution in [0.4, 0.5) is 0 Å². The van der Waals surface area contributed by atoms with Gasteiger partial charge in [-0.2, -0.15) is 0 Å². The highest BCUT2D eigenvalue weighted by Gasteiger charge is 2.30. The van der Waals surface area contributed by atoms with E-state index in [9.17, 15) is 5.11 Å². The lowest BCUT2D eigenvalue weighted by molar-refractivity contribution is 0.0489. The molecule has 106 valence electrons. The van der Waals surface area contributed by atoms with Gasteiger partial charge in [-0.3, -0.25) is 0 Å². The van der Waals surface area contributed by atoms with E-state index in [1.807, 2.05) is 0 Å². The van der Waals surface area contributed by atoms with Gasteiger partial charge >= 0.3 is 0 Å². The predicted octanol–water partition coefficient (Wildman–Crippen LogP) is 4.76. The first-order valence-corrected chi connectivity index (χ1v) is 7.93. The Bertz CT molecular complexity index is 359. The van der Waals surface area contributed by atoms with E-state index in [0.29, 0.717) is 11.8 Å². The average Bonchev–Trinajstić information content (AvgIpc) is 2.42. The number of hydrogen-bond acceptors (Lipinski definition) is 1. The topological polar surface area (TPSA) is 20.2 Å². The van der Waals surface area contributed by atoms with Crippen LogP contribution in [0.3, 0.4) is 0 Å². The molecule has 0 radical (unpaired) electrons. The van der Waals surface area contributed by atoms with Crippen LogP contribution in [-0.4, -0.2) is 11.2 Å². The minimum Gasteiger partial charge on any atom is -0.393 e. The number of rotatable bonds is 5. The molecule has 1 aliphatic carbocycles. The largest absolute Gasteiger partial charge is 0.393 e. The quantitative estimate of drug-likeness (QED) is 0.809. The molecule has 0 amide bonds. The summed E-state index contributed by atoms with van der Waals surface area (Å²) in [6, 6.07) is 10.8. The molecule has 0 aromatic heterocycles. The van der Waals surface area contributed by atoms with E-state index in [2.05, 4.69) is 44.2 Å². The summed E-state index contributed by atoms with van der Waals surface area (Å²) in [5.41, 5.74) is 1.46. The lowest BCUT2D eigenvalue weighted by Gasteiger charge is -2.35. The van der Waals surface area contributed by atoms with Gasteiger partial charge in [0, 0.05) is 0 Å². The van der Waals surface area contributed by atoms with Crippen LogP contribution in [0, 0.1) is 11.8 Å². The molecule has 0 saturated heterocycles. The summed E-state index contributed by atoms with van der Waals surface area (Å²) in [4.78, 5) is 0. The van der Waals surface area contributed by atoms with Crippen molar-refractivity contribution in [2.24, 2.45) is 11.8 Å². The highest BCUT2D eigenvalue weighted by molar-refractivity contribution is 5.20. The monoisotopic (exact) mass is 260 g/mol. The third-order valence-electron chi connectivity index (χ3n) is 4.70. The first kappa shape index (κ1) is 14.6. The summed E-state index contributed by atoms with van der Waals surface area (Å²) < 4.78 is 0. The maximum Gasteiger partial charge on any atom is 0.0568 e. The first-order valence-electron chi connectivity index (χ1n) is 7.93. The van der Waals surface area contributed by atoms with Gasteiger partial charge in [-0.25, -0.2) is 0 Å². The lowest BCUT2D eigenvalue weighted by Crippen LogP contribution is -2.29. The van der Waals surface area contributed by atoms with Crippen molar-refractivity contribution in [3.63, 3.8) is 0 Å². The van der Waals surface area contributed by atoms with E-state index in [1.165, 1.54) is 31.2 Å². The van der Waals surface area contributed by atoms with E-state index in [1.54, 1.807) is 0 Å². The molecule has 2 rings (SSSR count). The van der Waals surface area contributed by atoms with Crippen molar-refractivity contribution in [2.45, 2.75) is 64.4 Å². The van der Waals surface area contributed by atoms with Gasteiger partial charge in [-0.05, 0) is 49.0 Å². The molecule has 1 aromatic carbocycles. The molecule has 1 fully saturated rings. The molecule has 0 spiro atoms. The third-order valence-corrected chi connectivity index (χ3v) is 4.70. The highest BCUT2D eigenvalue weighted by atomic mass is 16.3. The van der Waals surface area contributed by atoms with Crippen molar-refractivity contribution >= 4 is 0 Å². The van der Waals surface area contributed by atoms with Crippen molar-refractivity contribution in [1.82, 2.24) is 0 Å². The molecule has 1 aliphatic rings. The van der Waals surface area contributed by atoms with Crippen LogP contribution >= 0.6 is 0 Å². The molecule has 1 heteroatoms. The Kier molecular flexibility index (Phi) is 5.45. The van der Waals surface area contributed by atoms with Crippen molar-refractivity contribution in [3.8, 4) is 0 Å². The summed E-state index contributed by atoms with van der Waals surface area (Å²) >= 11 is 0. The maximum absolute atomic E-state index is 10.3. The molecule has 0 heterocycles. The minimum atomic E-state index is -0.0701. The van der Waals surface area contributed by atoms with Gasteiger partial charge < -0.3 is 5.11 Å². The normalized spacial score (nSPS) is 29.1. The summed E-state index contributed by atoms with van der Waals surface area (Å²) in [5, 5.41) is 10.3. The Morgan fingerprint density at radius 1 is 1.21 bits per heavy atom. The molecule has 4 unspecified atom stereocenters. The van der Waals surface area contributed by atoms with Gasteiger partial charge in [0.05, 0.1) is 6.10 Å². The lowest BCUT2D eigenvalue weighted by atomic mass is 9.73. The second-order valence-electron chi connectivity index (χ2n) is 6.38. The standard InChI is InChI=1S/C18H28O/c1-3-7-14(2)12-17-13-16(10-11-18(17)19)15-8-5-4-6-9-15/h4-6,8-9,14,16-19H,3,7,10-13H2,1-2H3. The highest BCUT2D eigenvalue weighted by Crippen LogP contribution is 2.39. The van der Waals surface area contributed by atoms with Crippen molar-refractivity contribution < 1.29 is 5.11 Å². The SMILES string of the molecule is CCCC(C)CC1CC(c2ccccc2)CCC1O. The zero-order chi connectivity index (χ0) is 13.7. The van der Waals surface area contributed by atoms with E-state index in [4.69, 9.17) is 0 Å². The second kappa shape index (κ2) is 7.09. The third kappa shape index (κ3) is 4.07. The minimum absolute atomic E-state index is 0.0701. The van der Waals surface area contributed by atoms with Gasteiger partial charge in [0.2, 0.25) is 0 Å². The van der Waals surface area contributed by atoms with Crippen LogP contribution in [0.2, 0.25) is 0 Å². The van der Waals surface area contributed by atoms with Crippen LogP contribution in [-0.2, 0) is 0 Å². The number of benzene rings is 1. The molecule has 1 nitrogen and oxygen atoms in total. The summed E-state index contributed by atoms with van der Waals surface area (Å²) in [6.07, 6.45) is 6.95. The number of aliphatic hydroxyl groups is 1.